The number of likely N-dealkylation sites (tertiary alicyclic amines) is 1. The van der Waals surface area contributed by atoms with Crippen molar-refractivity contribution in [2.24, 2.45) is 46.4 Å². The van der Waals surface area contributed by atoms with Gasteiger partial charge in [0.25, 0.3) is 0 Å². The van der Waals surface area contributed by atoms with Crippen LogP contribution in [0, 0.1) is 17.8 Å². The number of primary amides is 3. The first kappa shape index (κ1) is 89.9. The molecule has 26 N–H and O–H groups in total. The molecule has 1 aromatic carbocycles. The van der Waals surface area contributed by atoms with E-state index in [0.29, 0.717) is 18.4 Å². The van der Waals surface area contributed by atoms with E-state index in [4.69, 9.17) is 33.8 Å². The minimum Gasteiger partial charge on any atom is -0.508 e. The smallest absolute Gasteiger partial charge is 0.322 e. The predicted octanol–water partition coefficient (Wildman–Crippen LogP) is -7.18. The number of nitrogens with two attached hydrogens (primary N) is 5. The Balaban J connectivity index is 2.47. The summed E-state index contributed by atoms with van der Waals surface area (Å²) in [7, 11) is 0. The Kier molecular flexibility index (Phi) is 39.0. The number of benzene rings is 1. The number of carboxylic acid groups (broad SMARTS) is 2. The Morgan fingerprint density at radius 3 is 1.38 bits per heavy atom. The predicted molar refractivity (Wildman–Crippen MR) is 367 cm³/mol. The number of nitrogens with zero attached hydrogens (tertiary/aromatic N) is 1. The van der Waals surface area contributed by atoms with Crippen molar-refractivity contribution in [3.05, 3.63) is 29.8 Å². The molecule has 1 heterocycles. The second-order valence-electron chi connectivity index (χ2n) is 26.6. The molecule has 1 aromatic rings. The molecule has 1 aliphatic rings. The van der Waals surface area contributed by atoms with Crippen LogP contribution in [0.15, 0.2) is 24.3 Å². The third-order valence-corrected chi connectivity index (χ3v) is 16.3. The first-order valence-corrected chi connectivity index (χ1v) is 34.1. The number of unbranched alkanes of at least 4 members (excludes halogenated alkanes) is 1. The molecule has 39 heteroatoms. The van der Waals surface area contributed by atoms with Crippen LogP contribution in [0.3, 0.4) is 0 Å². The van der Waals surface area contributed by atoms with Gasteiger partial charge >= 0.3 is 11.9 Å². The number of aliphatic carboxylic acids is 2. The standard InChI is InChI=1S/C65H105N17O22/c1-31(2)25-42(59(98)73-38(11-8-9-23-66)55(94)71-29-51(91)92)76-60(99)43(26-32(3)4)78-64(103)53(34(7)84)81-61(100)44(27-35-13-15-36(85)16-14-35)77-62(101)46-12-10-24-82(46)65(104)45(30-83)79-63(102)52(33(5)6)80-58(97)40(18-21-48(69)87)74-57(96)41(19-22-50(89)90)75-56(95)39(17-20-47(68)86)72-54(93)37(67)28-49(70)88/h13-16,31-34,37-46,52-53,83-85H,8-12,17-30,66-67H2,1-7H3,(H2,68,86)(H2,69,87)(H2,70,88)(H,71,94)(H,72,93)(H,73,98)(H,74,96)(H,75,95)(H,76,99)(H,77,101)(H,78,103)(H,79,102)(H,80,97)(H,81,100)(H,89,90)(H,91,92)/t34-,37+,38+,39+,40+,41+,42+,43+,44+,45+,46+,52+,53+/m1/s1. The molecule has 0 radical (unpaired) electrons. The van der Waals surface area contributed by atoms with E-state index in [9.17, 15) is 102 Å². The second-order valence-corrected chi connectivity index (χ2v) is 26.6. The summed E-state index contributed by atoms with van der Waals surface area (Å²) in [6.07, 6.45) is -5.27. The first-order valence-electron chi connectivity index (χ1n) is 34.1. The van der Waals surface area contributed by atoms with Crippen molar-refractivity contribution in [2.45, 2.75) is 223 Å². The Bertz CT molecular complexity index is 3170. The van der Waals surface area contributed by atoms with Crippen molar-refractivity contribution in [2.75, 3.05) is 26.2 Å². The van der Waals surface area contributed by atoms with Gasteiger partial charge < -0.3 is 118 Å². The summed E-state index contributed by atoms with van der Waals surface area (Å²) in [6.45, 7) is 9.31. The fraction of sp³-hybridized carbons (Fsp3) is 0.646. The highest BCUT2D eigenvalue weighted by atomic mass is 16.4. The van der Waals surface area contributed by atoms with E-state index < -0.39 is 243 Å². The summed E-state index contributed by atoms with van der Waals surface area (Å²) in [4.78, 5) is 227. The number of carbonyl (C=O) groups is 17. The van der Waals surface area contributed by atoms with Gasteiger partial charge in [0.1, 0.15) is 78.8 Å². The van der Waals surface area contributed by atoms with Crippen LogP contribution in [-0.2, 0) is 87.9 Å². The first-order chi connectivity index (χ1) is 48.7. The highest BCUT2D eigenvalue weighted by molar-refractivity contribution is 6.00. The second kappa shape index (κ2) is 45.1. The van der Waals surface area contributed by atoms with Crippen LogP contribution in [0.25, 0.3) is 0 Å². The van der Waals surface area contributed by atoms with Gasteiger partial charge in [0.05, 0.1) is 25.2 Å². The van der Waals surface area contributed by atoms with Crippen molar-refractivity contribution < 1.29 is 107 Å². The minimum absolute atomic E-state index is 0.0319. The maximum atomic E-state index is 14.5. The maximum absolute atomic E-state index is 14.5. The summed E-state index contributed by atoms with van der Waals surface area (Å²) in [5, 5.41) is 77.1. The van der Waals surface area contributed by atoms with Gasteiger partial charge in [-0.2, -0.15) is 0 Å². The molecule has 0 bridgehead atoms. The molecule has 582 valence electrons. The van der Waals surface area contributed by atoms with Gasteiger partial charge in [0.2, 0.25) is 88.6 Å². The molecule has 0 saturated carbocycles. The summed E-state index contributed by atoms with van der Waals surface area (Å²) >= 11 is 0. The summed E-state index contributed by atoms with van der Waals surface area (Å²) in [6, 6.07) is -13.7. The van der Waals surface area contributed by atoms with Gasteiger partial charge in [-0.3, -0.25) is 81.5 Å². The van der Waals surface area contributed by atoms with Crippen molar-refractivity contribution >= 4 is 101 Å². The van der Waals surface area contributed by atoms with Crippen molar-refractivity contribution in [1.82, 2.24) is 63.4 Å². The van der Waals surface area contributed by atoms with Crippen molar-refractivity contribution in [3.63, 3.8) is 0 Å². The van der Waals surface area contributed by atoms with Crippen LogP contribution in [0.2, 0.25) is 0 Å². The number of aliphatic hydroxyl groups excluding tert-OH is 2. The van der Waals surface area contributed by atoms with Crippen molar-refractivity contribution in [1.29, 1.82) is 0 Å². The highest BCUT2D eigenvalue weighted by Gasteiger charge is 2.42. The van der Waals surface area contributed by atoms with Gasteiger partial charge in [-0.25, -0.2) is 0 Å². The lowest BCUT2D eigenvalue weighted by Gasteiger charge is -2.31. The average molecular weight is 1480 g/mol. The summed E-state index contributed by atoms with van der Waals surface area (Å²) in [5.41, 5.74) is 27.4. The van der Waals surface area contributed by atoms with Gasteiger partial charge in [-0.1, -0.05) is 53.7 Å². The Morgan fingerprint density at radius 2 is 0.933 bits per heavy atom. The van der Waals surface area contributed by atoms with Crippen LogP contribution in [0.1, 0.15) is 144 Å². The van der Waals surface area contributed by atoms with E-state index in [1.54, 1.807) is 27.7 Å². The Labute approximate surface area is 600 Å². The van der Waals surface area contributed by atoms with Gasteiger partial charge in [0.15, 0.2) is 0 Å². The molecule has 1 aliphatic heterocycles. The summed E-state index contributed by atoms with van der Waals surface area (Å²) in [5.74, 6) is -19.6. The molecule has 39 nitrogen and oxygen atoms in total. The number of hydrogen-bond acceptors (Lipinski definition) is 22. The molecule has 0 aliphatic carbocycles. The number of hydrogen-bond donors (Lipinski definition) is 21. The number of phenolic OH excluding ortho intramolecular Hbond substituents is 1. The largest absolute Gasteiger partial charge is 0.508 e. The molecule has 0 aromatic heterocycles. The third kappa shape index (κ3) is 32.4. The Hall–Kier alpha value is -10.1. The number of aromatic hydroxyl groups is 1. The van der Waals surface area contributed by atoms with Crippen LogP contribution in [-0.4, -0.2) is 236 Å². The van der Waals surface area contributed by atoms with E-state index in [0.717, 1.165) is 11.8 Å². The van der Waals surface area contributed by atoms with Crippen molar-refractivity contribution in [3.8, 4) is 5.75 Å². The fourth-order valence-electron chi connectivity index (χ4n) is 10.8. The molecular formula is C65H105N17O22. The number of amides is 15. The normalized spacial score (nSPS) is 16.1. The molecule has 15 amide bonds. The van der Waals surface area contributed by atoms with Gasteiger partial charge in [-0.05, 0) is 113 Å². The minimum atomic E-state index is -1.84. The number of aliphatic hydroxyl groups is 2. The molecule has 104 heavy (non-hydrogen) atoms. The maximum Gasteiger partial charge on any atom is 0.322 e. The molecule has 13 atom stereocenters. The topological polar surface area (TPSA) is 657 Å². The number of carbonyl (C=O) groups excluding carboxylic acids is 15. The monoisotopic (exact) mass is 1480 g/mol. The van der Waals surface area contributed by atoms with E-state index >= 15 is 0 Å². The van der Waals surface area contributed by atoms with Gasteiger partial charge in [-0.15, -0.1) is 0 Å². The van der Waals surface area contributed by atoms with Crippen LogP contribution >= 0.6 is 0 Å². The molecular weight excluding hydrogens is 1370 g/mol. The zero-order valence-electron chi connectivity index (χ0n) is 59.5. The highest BCUT2D eigenvalue weighted by Crippen LogP contribution is 2.21. The zero-order chi connectivity index (χ0) is 78.8. The molecule has 1 fully saturated rings. The molecule has 0 spiro atoms. The van der Waals surface area contributed by atoms with E-state index in [1.165, 1.54) is 38.1 Å². The lowest BCUT2D eigenvalue weighted by atomic mass is 9.99. The average Bonchev–Trinajstić information content (AvgIpc) is 1.65. The lowest BCUT2D eigenvalue weighted by molar-refractivity contribution is -0.143. The lowest BCUT2D eigenvalue weighted by Crippen LogP contribution is -2.62. The van der Waals surface area contributed by atoms with E-state index in [2.05, 4.69) is 58.5 Å². The fourth-order valence-corrected chi connectivity index (χ4v) is 10.8. The Morgan fingerprint density at radius 1 is 0.500 bits per heavy atom. The van der Waals surface area contributed by atoms with Crippen LogP contribution in [0.4, 0.5) is 0 Å². The zero-order valence-corrected chi connectivity index (χ0v) is 59.5. The van der Waals surface area contributed by atoms with Crippen LogP contribution in [0.5, 0.6) is 5.75 Å². The number of nitrogens with one attached hydrogen (secondary N) is 11. The van der Waals surface area contributed by atoms with E-state index in [-0.39, 0.29) is 69.2 Å². The van der Waals surface area contributed by atoms with E-state index in [1.807, 2.05) is 0 Å². The number of carboxylic acids is 2. The molecule has 0 unspecified atom stereocenters. The third-order valence-electron chi connectivity index (χ3n) is 16.3. The van der Waals surface area contributed by atoms with Crippen LogP contribution < -0.4 is 87.2 Å². The summed E-state index contributed by atoms with van der Waals surface area (Å²) < 4.78 is 0. The molecule has 2 rings (SSSR count). The molecule has 1 saturated heterocycles. The quantitative estimate of drug-likeness (QED) is 0.0270. The number of phenols is 1. The number of rotatable bonds is 48. The SMILES string of the molecule is CC(C)C[C@H](NC(=O)[C@H](CC(C)C)NC(=O)[C@@H](NC(=O)[C@H](Cc1ccc(O)cc1)NC(=O)[C@@H]1CCCN1C(=O)[C@H](CO)NC(=O)[C@@H](NC(=O)[C@H](CCC(N)=O)NC(=O)[C@H](CCC(=O)O)NC(=O)[C@H](CCC(N)=O)NC(=O)[C@@H](N)CC(N)=O)C(C)C)[C@@H](C)O)C(=O)N[C@@H](CCCCN)C(=O)NCC(=O)O. The van der Waals surface area contributed by atoms with Gasteiger partial charge in [0, 0.05) is 32.2 Å².